The number of nitrogens with one attached hydrogen (secondary N) is 1. The molecule has 0 saturated carbocycles. The number of benzene rings is 4. The highest BCUT2D eigenvalue weighted by Crippen LogP contribution is 2.40. The Labute approximate surface area is 205 Å². The Morgan fingerprint density at radius 3 is 1.63 bits per heavy atom. The lowest BCUT2D eigenvalue weighted by Crippen LogP contribution is -2.38. The third-order valence-corrected chi connectivity index (χ3v) is 6.09. The van der Waals surface area contributed by atoms with Gasteiger partial charge in [-0.15, -0.1) is 0 Å². The molecule has 0 atom stereocenters. The molecule has 1 heterocycles. The fraction of sp³-hybridized carbons (Fsp3) is 0.100. The summed E-state index contributed by atoms with van der Waals surface area (Å²) in [5, 5.41) is 7.84. The molecule has 0 fully saturated rings. The SMILES string of the molecule is O=C(CCc1ncn(C(c2ccccc2)(c2ccccc2)c2ccccc2)n1)Nc1ccccc1. The van der Waals surface area contributed by atoms with Crippen molar-refractivity contribution in [1.29, 1.82) is 0 Å². The summed E-state index contributed by atoms with van der Waals surface area (Å²) in [4.78, 5) is 17.1. The molecule has 0 spiro atoms. The van der Waals surface area contributed by atoms with E-state index in [9.17, 15) is 4.79 Å². The van der Waals surface area contributed by atoms with Gasteiger partial charge in [0.05, 0.1) is 0 Å². The summed E-state index contributed by atoms with van der Waals surface area (Å²) < 4.78 is 1.93. The number of aromatic nitrogens is 3. The standard InChI is InChI=1S/C30H26N4O/c35-29(32-27-19-11-4-12-20-27)22-21-28-31-23-34(33-28)30(24-13-5-1-6-14-24,25-15-7-2-8-16-25)26-17-9-3-10-18-26/h1-20,23H,21-22H2,(H,32,35). The average Bonchev–Trinajstić information content (AvgIpc) is 3.40. The highest BCUT2D eigenvalue weighted by molar-refractivity contribution is 5.90. The van der Waals surface area contributed by atoms with Gasteiger partial charge in [-0.2, -0.15) is 5.10 Å². The van der Waals surface area contributed by atoms with Crippen LogP contribution >= 0.6 is 0 Å². The Hall–Kier alpha value is -4.51. The second-order valence-corrected chi connectivity index (χ2v) is 8.33. The molecule has 0 unspecified atom stereocenters. The summed E-state index contributed by atoms with van der Waals surface area (Å²) in [5.74, 6) is 0.563. The van der Waals surface area contributed by atoms with Gasteiger partial charge in [-0.1, -0.05) is 109 Å². The molecule has 5 nitrogen and oxygen atoms in total. The molecule has 35 heavy (non-hydrogen) atoms. The van der Waals surface area contributed by atoms with Crippen molar-refractivity contribution < 1.29 is 4.79 Å². The Balaban J connectivity index is 1.52. The zero-order chi connectivity index (χ0) is 23.9. The predicted octanol–water partition coefficient (Wildman–Crippen LogP) is 5.69. The van der Waals surface area contributed by atoms with Gasteiger partial charge >= 0.3 is 0 Å². The minimum absolute atomic E-state index is 0.0620. The molecule has 0 saturated heterocycles. The fourth-order valence-corrected chi connectivity index (χ4v) is 4.48. The Kier molecular flexibility index (Phi) is 6.48. The van der Waals surface area contributed by atoms with Gasteiger partial charge in [-0.25, -0.2) is 9.67 Å². The lowest BCUT2D eigenvalue weighted by atomic mass is 9.77. The molecule has 0 aliphatic rings. The number of aryl methyl sites for hydroxylation is 1. The second-order valence-electron chi connectivity index (χ2n) is 8.33. The largest absolute Gasteiger partial charge is 0.326 e. The second kappa shape index (κ2) is 10.2. The number of carbonyl (C=O) groups excluding carboxylic acids is 1. The quantitative estimate of drug-likeness (QED) is 0.304. The highest BCUT2D eigenvalue weighted by Gasteiger charge is 2.39. The maximum Gasteiger partial charge on any atom is 0.224 e. The van der Waals surface area contributed by atoms with E-state index < -0.39 is 5.54 Å². The molecule has 5 rings (SSSR count). The van der Waals surface area contributed by atoms with Crippen molar-refractivity contribution in [2.45, 2.75) is 18.4 Å². The molecular formula is C30H26N4O. The van der Waals surface area contributed by atoms with Crippen LogP contribution in [0, 0.1) is 0 Å². The number of carbonyl (C=O) groups is 1. The molecule has 0 aliphatic heterocycles. The zero-order valence-corrected chi connectivity index (χ0v) is 19.3. The van der Waals surface area contributed by atoms with Crippen LogP contribution in [-0.2, 0) is 16.8 Å². The van der Waals surface area contributed by atoms with Crippen LogP contribution in [0.3, 0.4) is 0 Å². The number of hydrogen-bond donors (Lipinski definition) is 1. The Morgan fingerprint density at radius 2 is 1.14 bits per heavy atom. The van der Waals surface area contributed by atoms with E-state index in [1.165, 1.54) is 0 Å². The van der Waals surface area contributed by atoms with E-state index in [2.05, 4.69) is 46.7 Å². The average molecular weight is 459 g/mol. The molecule has 5 heteroatoms. The van der Waals surface area contributed by atoms with Gasteiger partial charge in [0.25, 0.3) is 0 Å². The summed E-state index contributed by atoms with van der Waals surface area (Å²) in [6.07, 6.45) is 2.52. The van der Waals surface area contributed by atoms with Crippen LogP contribution in [0.2, 0.25) is 0 Å². The van der Waals surface area contributed by atoms with Gasteiger partial charge in [-0.05, 0) is 28.8 Å². The van der Waals surface area contributed by atoms with Gasteiger partial charge in [0.15, 0.2) is 5.82 Å². The molecule has 5 aromatic rings. The molecule has 1 aromatic heterocycles. The van der Waals surface area contributed by atoms with Gasteiger partial charge in [0.1, 0.15) is 11.9 Å². The summed E-state index contributed by atoms with van der Waals surface area (Å²) >= 11 is 0. The van der Waals surface area contributed by atoms with Gasteiger partial charge in [0, 0.05) is 18.5 Å². The molecule has 4 aromatic carbocycles. The van der Waals surface area contributed by atoms with Crippen LogP contribution < -0.4 is 5.32 Å². The number of rotatable bonds is 8. The van der Waals surface area contributed by atoms with Gasteiger partial charge in [0.2, 0.25) is 5.91 Å². The predicted molar refractivity (Wildman–Crippen MR) is 138 cm³/mol. The molecule has 1 N–H and O–H groups in total. The Bertz CT molecular complexity index is 1270. The van der Waals surface area contributed by atoms with Crippen LogP contribution in [0.25, 0.3) is 0 Å². The molecule has 0 aliphatic carbocycles. The van der Waals surface area contributed by atoms with Crippen molar-refractivity contribution in [2.24, 2.45) is 0 Å². The minimum Gasteiger partial charge on any atom is -0.326 e. The van der Waals surface area contributed by atoms with E-state index in [4.69, 9.17) is 5.10 Å². The number of anilines is 1. The minimum atomic E-state index is -0.707. The lowest BCUT2D eigenvalue weighted by molar-refractivity contribution is -0.116. The van der Waals surface area contributed by atoms with E-state index >= 15 is 0 Å². The van der Waals surface area contributed by atoms with E-state index in [0.717, 1.165) is 22.4 Å². The van der Waals surface area contributed by atoms with Gasteiger partial charge < -0.3 is 5.32 Å². The first kappa shape index (κ1) is 22.3. The van der Waals surface area contributed by atoms with Crippen molar-refractivity contribution in [2.75, 3.05) is 5.32 Å². The Morgan fingerprint density at radius 1 is 0.686 bits per heavy atom. The maximum absolute atomic E-state index is 12.5. The normalized spacial score (nSPS) is 11.2. The molecule has 0 radical (unpaired) electrons. The number of para-hydroxylation sites is 1. The summed E-state index contributed by atoms with van der Waals surface area (Å²) in [6.45, 7) is 0. The van der Waals surface area contributed by atoms with Crippen LogP contribution in [0.4, 0.5) is 5.69 Å². The fourth-order valence-electron chi connectivity index (χ4n) is 4.48. The van der Waals surface area contributed by atoms with Crippen molar-refractivity contribution >= 4 is 11.6 Å². The molecule has 1 amide bonds. The monoisotopic (exact) mass is 458 g/mol. The lowest BCUT2D eigenvalue weighted by Gasteiger charge is -2.35. The number of nitrogens with zero attached hydrogens (tertiary/aromatic N) is 3. The molecule has 172 valence electrons. The van der Waals surface area contributed by atoms with E-state index in [-0.39, 0.29) is 5.91 Å². The van der Waals surface area contributed by atoms with E-state index in [1.54, 1.807) is 6.33 Å². The zero-order valence-electron chi connectivity index (χ0n) is 19.3. The maximum atomic E-state index is 12.5. The van der Waals surface area contributed by atoms with Crippen LogP contribution in [-0.4, -0.2) is 20.7 Å². The van der Waals surface area contributed by atoms with E-state index in [1.807, 2.05) is 89.6 Å². The molecule has 0 bridgehead atoms. The van der Waals surface area contributed by atoms with Crippen LogP contribution in [0.5, 0.6) is 0 Å². The summed E-state index contributed by atoms with van der Waals surface area (Å²) in [7, 11) is 0. The first-order valence-corrected chi connectivity index (χ1v) is 11.7. The van der Waals surface area contributed by atoms with Crippen molar-refractivity contribution in [3.8, 4) is 0 Å². The van der Waals surface area contributed by atoms with Gasteiger partial charge in [-0.3, -0.25) is 4.79 Å². The first-order chi connectivity index (χ1) is 17.3. The summed E-state index contributed by atoms with van der Waals surface area (Å²) in [5.41, 5.74) is 3.32. The first-order valence-electron chi connectivity index (χ1n) is 11.7. The summed E-state index contributed by atoms with van der Waals surface area (Å²) in [6, 6.07) is 40.5. The molecular weight excluding hydrogens is 432 g/mol. The third kappa shape index (κ3) is 4.62. The number of hydrogen-bond acceptors (Lipinski definition) is 3. The number of amides is 1. The third-order valence-electron chi connectivity index (χ3n) is 6.09. The van der Waals surface area contributed by atoms with Crippen molar-refractivity contribution in [3.05, 3.63) is 150 Å². The topological polar surface area (TPSA) is 59.8 Å². The van der Waals surface area contributed by atoms with Crippen molar-refractivity contribution in [3.63, 3.8) is 0 Å². The van der Waals surface area contributed by atoms with Crippen molar-refractivity contribution in [1.82, 2.24) is 14.8 Å². The van der Waals surface area contributed by atoms with E-state index in [0.29, 0.717) is 18.7 Å². The van der Waals surface area contributed by atoms with Crippen LogP contribution in [0.15, 0.2) is 128 Å². The van der Waals surface area contributed by atoms with Crippen LogP contribution in [0.1, 0.15) is 28.9 Å². The smallest absolute Gasteiger partial charge is 0.224 e. The highest BCUT2D eigenvalue weighted by atomic mass is 16.1.